The van der Waals surface area contributed by atoms with Crippen LogP contribution in [0.25, 0.3) is 0 Å². The van der Waals surface area contributed by atoms with Crippen molar-refractivity contribution in [2.24, 2.45) is 5.14 Å². The monoisotopic (exact) mass is 207 g/mol. The topological polar surface area (TPSA) is 60.2 Å². The highest BCUT2D eigenvalue weighted by Crippen LogP contribution is 2.10. The van der Waals surface area contributed by atoms with E-state index in [2.05, 4.69) is 0 Å². The molecule has 6 heteroatoms. The average Bonchev–Trinajstić information content (AvgIpc) is 1.94. The van der Waals surface area contributed by atoms with Gasteiger partial charge in [-0.25, -0.2) is 22.3 Å². The summed E-state index contributed by atoms with van der Waals surface area (Å²) in [4.78, 5) is 0. The van der Waals surface area contributed by atoms with Gasteiger partial charge in [0, 0.05) is 0 Å². The summed E-state index contributed by atoms with van der Waals surface area (Å²) in [5.74, 6) is -2.59. The SMILES string of the molecule is NS(=O)(=O)Cc1ccc(F)c(F)c1. The lowest BCUT2D eigenvalue weighted by Gasteiger charge is -1.99. The lowest BCUT2D eigenvalue weighted by Crippen LogP contribution is -2.14. The highest BCUT2D eigenvalue weighted by molar-refractivity contribution is 7.88. The summed E-state index contributed by atoms with van der Waals surface area (Å²) in [6, 6.07) is 2.83. The summed E-state index contributed by atoms with van der Waals surface area (Å²) in [7, 11) is -3.70. The number of primary sulfonamides is 1. The summed E-state index contributed by atoms with van der Waals surface area (Å²) in [5, 5.41) is 4.71. The van der Waals surface area contributed by atoms with Crippen molar-refractivity contribution in [1.82, 2.24) is 0 Å². The Hall–Kier alpha value is -1.01. The first-order valence-corrected chi connectivity index (χ1v) is 5.04. The van der Waals surface area contributed by atoms with E-state index in [9.17, 15) is 17.2 Å². The lowest BCUT2D eigenvalue weighted by molar-refractivity contribution is 0.507. The van der Waals surface area contributed by atoms with Crippen LogP contribution in [0.1, 0.15) is 5.56 Å². The molecular weight excluding hydrogens is 200 g/mol. The smallest absolute Gasteiger partial charge is 0.213 e. The highest BCUT2D eigenvalue weighted by atomic mass is 32.2. The number of nitrogens with two attached hydrogens (primary N) is 1. The van der Waals surface area contributed by atoms with Crippen molar-refractivity contribution in [3.8, 4) is 0 Å². The van der Waals surface area contributed by atoms with Crippen molar-refractivity contribution in [3.05, 3.63) is 35.4 Å². The molecular formula is C7H7F2NO2S. The minimum absolute atomic E-state index is 0.126. The fraction of sp³-hybridized carbons (Fsp3) is 0.143. The Morgan fingerprint density at radius 1 is 1.23 bits per heavy atom. The maximum atomic E-state index is 12.5. The van der Waals surface area contributed by atoms with Crippen LogP contribution >= 0.6 is 0 Å². The van der Waals surface area contributed by atoms with E-state index in [0.717, 1.165) is 12.1 Å². The first-order chi connectivity index (χ1) is 5.88. The molecule has 0 aromatic heterocycles. The van der Waals surface area contributed by atoms with E-state index >= 15 is 0 Å². The molecule has 1 aromatic rings. The summed E-state index contributed by atoms with van der Waals surface area (Å²) in [5.41, 5.74) is 0.126. The Morgan fingerprint density at radius 3 is 2.31 bits per heavy atom. The van der Waals surface area contributed by atoms with Crippen molar-refractivity contribution in [2.75, 3.05) is 0 Å². The van der Waals surface area contributed by atoms with Gasteiger partial charge < -0.3 is 0 Å². The third kappa shape index (κ3) is 3.08. The second-order valence-electron chi connectivity index (χ2n) is 2.56. The van der Waals surface area contributed by atoms with Crippen LogP contribution in [0.15, 0.2) is 18.2 Å². The van der Waals surface area contributed by atoms with E-state index in [1.165, 1.54) is 6.07 Å². The van der Waals surface area contributed by atoms with Gasteiger partial charge in [-0.05, 0) is 17.7 Å². The van der Waals surface area contributed by atoms with E-state index in [1.54, 1.807) is 0 Å². The van der Waals surface area contributed by atoms with Gasteiger partial charge in [-0.2, -0.15) is 0 Å². The maximum absolute atomic E-state index is 12.5. The molecule has 72 valence electrons. The molecule has 0 fully saturated rings. The van der Waals surface area contributed by atoms with Crippen LogP contribution in [-0.2, 0) is 15.8 Å². The second-order valence-corrected chi connectivity index (χ2v) is 4.17. The third-order valence-electron chi connectivity index (χ3n) is 1.35. The largest absolute Gasteiger partial charge is 0.228 e. The second kappa shape index (κ2) is 3.39. The minimum atomic E-state index is -3.70. The fourth-order valence-electron chi connectivity index (χ4n) is 0.862. The molecule has 0 aliphatic rings. The van der Waals surface area contributed by atoms with E-state index < -0.39 is 27.4 Å². The lowest BCUT2D eigenvalue weighted by atomic mass is 10.2. The number of benzene rings is 1. The van der Waals surface area contributed by atoms with Crippen LogP contribution in [0.2, 0.25) is 0 Å². The number of halogens is 2. The Morgan fingerprint density at radius 2 is 1.85 bits per heavy atom. The zero-order valence-corrected chi connectivity index (χ0v) is 7.31. The molecule has 0 bridgehead atoms. The van der Waals surface area contributed by atoms with Gasteiger partial charge in [0.05, 0.1) is 5.75 Å². The van der Waals surface area contributed by atoms with Gasteiger partial charge in [-0.3, -0.25) is 0 Å². The van der Waals surface area contributed by atoms with E-state index in [1.807, 2.05) is 0 Å². The number of hydrogen-bond donors (Lipinski definition) is 1. The normalized spacial score (nSPS) is 11.6. The number of hydrogen-bond acceptors (Lipinski definition) is 2. The molecule has 0 saturated carbocycles. The van der Waals surface area contributed by atoms with Crippen molar-refractivity contribution >= 4 is 10.0 Å². The zero-order chi connectivity index (χ0) is 10.1. The van der Waals surface area contributed by atoms with Crippen molar-refractivity contribution < 1.29 is 17.2 Å². The average molecular weight is 207 g/mol. The molecule has 0 spiro atoms. The summed E-state index contributed by atoms with van der Waals surface area (Å²) in [6.45, 7) is 0. The van der Waals surface area contributed by atoms with E-state index in [0.29, 0.717) is 0 Å². The van der Waals surface area contributed by atoms with Gasteiger partial charge in [-0.15, -0.1) is 0 Å². The Balaban J connectivity index is 2.99. The summed E-state index contributed by atoms with van der Waals surface area (Å²) >= 11 is 0. The van der Waals surface area contributed by atoms with Crippen LogP contribution in [0.5, 0.6) is 0 Å². The molecule has 0 unspecified atom stereocenters. The fourth-order valence-corrected chi connectivity index (χ4v) is 1.51. The first kappa shape index (κ1) is 10.1. The van der Waals surface area contributed by atoms with Gasteiger partial charge in [-0.1, -0.05) is 6.07 Å². The summed E-state index contributed by atoms with van der Waals surface area (Å²) in [6.07, 6.45) is 0. The van der Waals surface area contributed by atoms with Gasteiger partial charge in [0.15, 0.2) is 11.6 Å². The molecule has 1 aromatic carbocycles. The molecule has 2 N–H and O–H groups in total. The standard InChI is InChI=1S/C7H7F2NO2S/c8-6-2-1-5(3-7(6)9)4-13(10,11)12/h1-3H,4H2,(H2,10,11,12). The molecule has 0 saturated heterocycles. The molecule has 13 heavy (non-hydrogen) atoms. The Bertz CT molecular complexity index is 417. The van der Waals surface area contributed by atoms with Gasteiger partial charge in [0.2, 0.25) is 10.0 Å². The molecule has 1 rings (SSSR count). The predicted molar refractivity (Wildman–Crippen MR) is 43.2 cm³/mol. The molecule has 0 aliphatic carbocycles. The third-order valence-corrected chi connectivity index (χ3v) is 2.09. The van der Waals surface area contributed by atoms with Crippen molar-refractivity contribution in [1.29, 1.82) is 0 Å². The molecule has 0 radical (unpaired) electrons. The van der Waals surface area contributed by atoms with Gasteiger partial charge in [0.25, 0.3) is 0 Å². The van der Waals surface area contributed by atoms with Gasteiger partial charge >= 0.3 is 0 Å². The van der Waals surface area contributed by atoms with Crippen LogP contribution in [0.4, 0.5) is 8.78 Å². The van der Waals surface area contributed by atoms with Crippen molar-refractivity contribution in [3.63, 3.8) is 0 Å². The highest BCUT2D eigenvalue weighted by Gasteiger charge is 2.07. The zero-order valence-electron chi connectivity index (χ0n) is 6.50. The molecule has 0 heterocycles. The van der Waals surface area contributed by atoms with E-state index in [4.69, 9.17) is 5.14 Å². The quantitative estimate of drug-likeness (QED) is 0.778. The molecule has 0 amide bonds. The molecule has 0 atom stereocenters. The number of sulfonamides is 1. The van der Waals surface area contributed by atoms with Crippen LogP contribution in [0, 0.1) is 11.6 Å². The van der Waals surface area contributed by atoms with Crippen LogP contribution in [-0.4, -0.2) is 8.42 Å². The Kier molecular flexibility index (Phi) is 2.63. The maximum Gasteiger partial charge on any atom is 0.213 e. The van der Waals surface area contributed by atoms with Crippen molar-refractivity contribution in [2.45, 2.75) is 5.75 Å². The first-order valence-electron chi connectivity index (χ1n) is 3.33. The molecule has 3 nitrogen and oxygen atoms in total. The van der Waals surface area contributed by atoms with E-state index in [-0.39, 0.29) is 5.56 Å². The number of rotatable bonds is 2. The van der Waals surface area contributed by atoms with Crippen LogP contribution in [0.3, 0.4) is 0 Å². The van der Waals surface area contributed by atoms with Gasteiger partial charge in [0.1, 0.15) is 0 Å². The predicted octanol–water partition coefficient (Wildman–Crippen LogP) is 0.753. The Labute approximate surface area is 74.2 Å². The molecule has 0 aliphatic heterocycles. The summed E-state index contributed by atoms with van der Waals surface area (Å²) < 4.78 is 46.0. The minimum Gasteiger partial charge on any atom is -0.228 e. The van der Waals surface area contributed by atoms with Crippen LogP contribution < -0.4 is 5.14 Å².